The Labute approximate surface area is 224 Å². The predicted molar refractivity (Wildman–Crippen MR) is 149 cm³/mol. The van der Waals surface area contributed by atoms with Crippen molar-refractivity contribution in [1.29, 1.82) is 0 Å². The van der Waals surface area contributed by atoms with E-state index in [1.54, 1.807) is 30.5 Å². The Kier molecular flexibility index (Phi) is 8.15. The summed E-state index contributed by atoms with van der Waals surface area (Å²) in [6.45, 7) is 13.4. The molecule has 1 heterocycles. The Morgan fingerprint density at radius 3 is 2.53 bits per heavy atom. The van der Waals surface area contributed by atoms with Crippen LogP contribution in [0.2, 0.25) is 0 Å². The van der Waals surface area contributed by atoms with Gasteiger partial charge in [0.1, 0.15) is 11.6 Å². The highest BCUT2D eigenvalue weighted by Crippen LogP contribution is 2.36. The van der Waals surface area contributed by atoms with Crippen LogP contribution in [0.5, 0.6) is 5.75 Å². The molecule has 0 aliphatic heterocycles. The Hall–Kier alpha value is -4.13. The van der Waals surface area contributed by atoms with E-state index < -0.39 is 0 Å². The zero-order valence-electron chi connectivity index (χ0n) is 22.5. The van der Waals surface area contributed by atoms with Crippen LogP contribution in [0, 0.1) is 18.7 Å². The molecule has 4 rings (SSSR count). The van der Waals surface area contributed by atoms with E-state index in [9.17, 15) is 9.18 Å². The molecule has 38 heavy (non-hydrogen) atoms. The average molecular weight is 515 g/mol. The first kappa shape index (κ1) is 26.9. The van der Waals surface area contributed by atoms with E-state index in [2.05, 4.69) is 18.1 Å². The fraction of sp³-hybridized carbons (Fsp3) is 0.290. The molecule has 6 nitrogen and oxygen atoms in total. The fourth-order valence-electron chi connectivity index (χ4n) is 4.39. The smallest absolute Gasteiger partial charge is 0.213 e. The number of allylic oxidation sites excluding steroid dienone is 1. The second-order valence-corrected chi connectivity index (χ2v) is 9.86. The third-order valence-electron chi connectivity index (χ3n) is 7.11. The molecule has 1 aromatic heterocycles. The molecule has 0 radical (unpaired) electrons. The number of aromatic nitrogens is 2. The highest BCUT2D eigenvalue weighted by Gasteiger charge is 2.25. The molecule has 3 aromatic rings. The summed E-state index contributed by atoms with van der Waals surface area (Å²) in [5.74, 6) is 0.915. The summed E-state index contributed by atoms with van der Waals surface area (Å²) in [4.78, 5) is 20.0. The minimum absolute atomic E-state index is 0.0891. The van der Waals surface area contributed by atoms with Gasteiger partial charge in [-0.15, -0.1) is 0 Å². The van der Waals surface area contributed by atoms with E-state index >= 15 is 0 Å². The maximum atomic E-state index is 13.5. The van der Waals surface area contributed by atoms with Gasteiger partial charge in [0.15, 0.2) is 0 Å². The Bertz CT molecular complexity index is 1350. The lowest BCUT2D eigenvalue weighted by Crippen LogP contribution is -2.25. The minimum Gasteiger partial charge on any atom is -0.495 e. The van der Waals surface area contributed by atoms with Gasteiger partial charge in [-0.3, -0.25) is 4.79 Å². The lowest BCUT2D eigenvalue weighted by Gasteiger charge is -2.32. The van der Waals surface area contributed by atoms with E-state index in [0.29, 0.717) is 29.5 Å². The first-order valence-electron chi connectivity index (χ1n) is 12.7. The van der Waals surface area contributed by atoms with Gasteiger partial charge in [0.2, 0.25) is 6.41 Å². The average Bonchev–Trinajstić information content (AvgIpc) is 3.65. The minimum atomic E-state index is -0.277. The van der Waals surface area contributed by atoms with Crippen molar-refractivity contribution in [2.45, 2.75) is 32.7 Å². The van der Waals surface area contributed by atoms with Gasteiger partial charge in [0, 0.05) is 37.3 Å². The van der Waals surface area contributed by atoms with Crippen LogP contribution < -0.4 is 4.74 Å². The molecule has 0 N–H and O–H groups in total. The summed E-state index contributed by atoms with van der Waals surface area (Å²) in [5.41, 5.74) is 5.71. The number of ether oxygens (including phenoxy) is 1. The molecular formula is C31H35FN4O2. The predicted octanol–water partition coefficient (Wildman–Crippen LogP) is 6.30. The molecule has 0 spiro atoms. The molecule has 0 saturated heterocycles. The lowest BCUT2D eigenvalue weighted by atomic mass is 9.95. The molecule has 1 amide bonds. The van der Waals surface area contributed by atoms with Crippen LogP contribution >= 0.6 is 0 Å². The number of nitrogens with zero attached hydrogens (tertiary/aromatic N) is 4. The maximum absolute atomic E-state index is 13.5. The lowest BCUT2D eigenvalue weighted by molar-refractivity contribution is -0.116. The number of likely N-dealkylation sites (N-methyl/N-ethyl adjacent to an activating group) is 1. The number of carbonyl (C=O) groups is 1. The van der Waals surface area contributed by atoms with E-state index in [1.165, 1.54) is 12.1 Å². The number of halogens is 1. The largest absolute Gasteiger partial charge is 0.495 e. The molecule has 1 aliphatic carbocycles. The quantitative estimate of drug-likeness (QED) is 0.210. The summed E-state index contributed by atoms with van der Waals surface area (Å²) in [6.07, 6.45) is 8.63. The number of aryl methyl sites for hydroxylation is 1. The summed E-state index contributed by atoms with van der Waals surface area (Å²) in [6, 6.07) is 12.2. The number of carbonyl (C=O) groups excluding carboxylic acids is 1. The van der Waals surface area contributed by atoms with E-state index in [1.807, 2.05) is 61.0 Å². The molecular weight excluding hydrogens is 479 g/mol. The van der Waals surface area contributed by atoms with Gasteiger partial charge in [-0.2, -0.15) is 0 Å². The van der Waals surface area contributed by atoms with E-state index in [-0.39, 0.29) is 11.9 Å². The van der Waals surface area contributed by atoms with Gasteiger partial charge in [0.05, 0.1) is 30.9 Å². The number of imidazole rings is 1. The molecule has 1 unspecified atom stereocenters. The molecule has 1 saturated carbocycles. The second kappa shape index (κ2) is 11.5. The van der Waals surface area contributed by atoms with Crippen molar-refractivity contribution in [3.8, 4) is 11.4 Å². The third-order valence-corrected chi connectivity index (χ3v) is 7.11. The van der Waals surface area contributed by atoms with E-state index in [0.717, 1.165) is 47.3 Å². The standard InChI is InChI=1S/C31H35FN4O2/c1-21-16-36(19-33-21)30-14-11-27(15-31(30)38-6)22(2)29(18-35(20-37)17-25-7-8-25)24(4)34(5)23(3)26-9-12-28(32)13-10-26/h9-16,18-20,23,25H,2,4,7-8,17H2,1,3,5-6H3/b29-18-. The number of amides is 1. The number of rotatable bonds is 12. The van der Waals surface area contributed by atoms with Gasteiger partial charge in [-0.1, -0.05) is 31.4 Å². The van der Waals surface area contributed by atoms with Crippen LogP contribution in [0.4, 0.5) is 4.39 Å². The number of methoxy groups -OCH3 is 1. The zero-order valence-corrected chi connectivity index (χ0v) is 22.5. The van der Waals surface area contributed by atoms with Gasteiger partial charge < -0.3 is 19.1 Å². The molecule has 2 aromatic carbocycles. The van der Waals surface area contributed by atoms with Gasteiger partial charge >= 0.3 is 0 Å². The van der Waals surface area contributed by atoms with Crippen molar-refractivity contribution in [3.05, 3.63) is 108 Å². The molecule has 1 fully saturated rings. The fourth-order valence-corrected chi connectivity index (χ4v) is 4.39. The normalized spacial score (nSPS) is 14.1. The highest BCUT2D eigenvalue weighted by atomic mass is 19.1. The van der Waals surface area contributed by atoms with Crippen molar-refractivity contribution in [2.75, 3.05) is 20.7 Å². The zero-order chi connectivity index (χ0) is 27.4. The van der Waals surface area contributed by atoms with Crippen molar-refractivity contribution in [1.82, 2.24) is 19.4 Å². The van der Waals surface area contributed by atoms with Crippen LogP contribution in [0.1, 0.15) is 42.6 Å². The number of benzene rings is 2. The third kappa shape index (κ3) is 6.05. The molecule has 0 bridgehead atoms. The molecule has 198 valence electrons. The Morgan fingerprint density at radius 2 is 1.95 bits per heavy atom. The van der Waals surface area contributed by atoms with Gasteiger partial charge in [0.25, 0.3) is 0 Å². The van der Waals surface area contributed by atoms with Crippen molar-refractivity contribution in [2.24, 2.45) is 5.92 Å². The highest BCUT2D eigenvalue weighted by molar-refractivity contribution is 5.83. The first-order chi connectivity index (χ1) is 18.2. The summed E-state index contributed by atoms with van der Waals surface area (Å²) < 4.78 is 21.1. The molecule has 1 aliphatic rings. The Morgan fingerprint density at radius 1 is 1.24 bits per heavy atom. The van der Waals surface area contributed by atoms with Gasteiger partial charge in [-0.05, 0) is 73.6 Å². The summed E-state index contributed by atoms with van der Waals surface area (Å²) in [5, 5.41) is 0. The number of hydrogen-bond donors (Lipinski definition) is 0. The second-order valence-electron chi connectivity index (χ2n) is 9.86. The van der Waals surface area contributed by atoms with E-state index in [4.69, 9.17) is 4.74 Å². The van der Waals surface area contributed by atoms with Crippen LogP contribution in [-0.2, 0) is 4.79 Å². The Balaban J connectivity index is 1.69. The van der Waals surface area contributed by atoms with Crippen LogP contribution in [0.15, 0.2) is 85.6 Å². The molecule has 1 atom stereocenters. The SMILES string of the molecule is C=C(/C(=C/N(C=O)CC1CC1)C(=C)N(C)C(C)c1ccc(F)cc1)c1ccc(-n2cnc(C)c2)c(OC)c1. The first-order valence-corrected chi connectivity index (χ1v) is 12.7. The van der Waals surface area contributed by atoms with Crippen LogP contribution in [-0.4, -0.2) is 46.5 Å². The number of hydrogen-bond acceptors (Lipinski definition) is 4. The topological polar surface area (TPSA) is 50.6 Å². The van der Waals surface area contributed by atoms with Crippen molar-refractivity contribution >= 4 is 12.0 Å². The van der Waals surface area contributed by atoms with Crippen LogP contribution in [0.3, 0.4) is 0 Å². The summed E-state index contributed by atoms with van der Waals surface area (Å²) in [7, 11) is 3.57. The van der Waals surface area contributed by atoms with Gasteiger partial charge in [-0.25, -0.2) is 9.37 Å². The van der Waals surface area contributed by atoms with Crippen molar-refractivity contribution < 1.29 is 13.9 Å². The van der Waals surface area contributed by atoms with Crippen molar-refractivity contribution in [3.63, 3.8) is 0 Å². The van der Waals surface area contributed by atoms with Crippen LogP contribution in [0.25, 0.3) is 11.3 Å². The maximum Gasteiger partial charge on any atom is 0.213 e. The summed E-state index contributed by atoms with van der Waals surface area (Å²) >= 11 is 0. The molecule has 7 heteroatoms. The monoisotopic (exact) mass is 514 g/mol.